The second kappa shape index (κ2) is 6.62. The topological polar surface area (TPSA) is 30.5 Å². The predicted octanol–water partition coefficient (Wildman–Crippen LogP) is 2.08. The first-order valence-electron chi connectivity index (χ1n) is 6.33. The van der Waals surface area contributed by atoms with Crippen molar-refractivity contribution in [2.75, 3.05) is 26.9 Å². The Morgan fingerprint density at radius 1 is 1.41 bits per heavy atom. The largest absolute Gasteiger partial charge is 0.492 e. The summed E-state index contributed by atoms with van der Waals surface area (Å²) in [5.41, 5.74) is 0. The van der Waals surface area contributed by atoms with Crippen LogP contribution in [0.3, 0.4) is 0 Å². The van der Waals surface area contributed by atoms with E-state index in [0.717, 1.165) is 25.4 Å². The van der Waals surface area contributed by atoms with Gasteiger partial charge in [0.1, 0.15) is 12.4 Å². The zero-order valence-corrected chi connectivity index (χ0v) is 10.4. The molecule has 0 spiro atoms. The third-order valence-corrected chi connectivity index (χ3v) is 3.31. The van der Waals surface area contributed by atoms with Crippen LogP contribution < -0.4 is 10.1 Å². The van der Waals surface area contributed by atoms with Crippen LogP contribution in [0.2, 0.25) is 0 Å². The number of rotatable bonds is 5. The minimum absolute atomic E-state index is 0.371. The van der Waals surface area contributed by atoms with Gasteiger partial charge in [0.15, 0.2) is 0 Å². The molecule has 2 atom stereocenters. The van der Waals surface area contributed by atoms with Gasteiger partial charge in [-0.15, -0.1) is 0 Å². The van der Waals surface area contributed by atoms with E-state index in [1.807, 2.05) is 37.4 Å². The number of para-hydroxylation sites is 1. The summed E-state index contributed by atoms with van der Waals surface area (Å²) in [6, 6.07) is 10.3. The van der Waals surface area contributed by atoms with E-state index in [9.17, 15) is 0 Å². The quantitative estimate of drug-likeness (QED) is 0.847. The van der Waals surface area contributed by atoms with Crippen molar-refractivity contribution >= 4 is 0 Å². The van der Waals surface area contributed by atoms with Crippen LogP contribution in [0.5, 0.6) is 5.75 Å². The summed E-state index contributed by atoms with van der Waals surface area (Å²) < 4.78 is 11.3. The van der Waals surface area contributed by atoms with Gasteiger partial charge < -0.3 is 14.8 Å². The molecule has 1 aromatic carbocycles. The summed E-state index contributed by atoms with van der Waals surface area (Å²) in [5, 5.41) is 3.34. The van der Waals surface area contributed by atoms with Crippen LogP contribution >= 0.6 is 0 Å². The molecule has 1 heterocycles. The van der Waals surface area contributed by atoms with Gasteiger partial charge in [0, 0.05) is 18.6 Å². The van der Waals surface area contributed by atoms with E-state index >= 15 is 0 Å². The molecule has 1 fully saturated rings. The van der Waals surface area contributed by atoms with Gasteiger partial charge in [0.05, 0.1) is 6.61 Å². The molecule has 1 saturated heterocycles. The molecular weight excluding hydrogens is 214 g/mol. The first-order chi connectivity index (χ1) is 8.40. The third-order valence-electron chi connectivity index (χ3n) is 3.31. The monoisotopic (exact) mass is 235 g/mol. The van der Waals surface area contributed by atoms with E-state index in [1.54, 1.807) is 0 Å². The minimum Gasteiger partial charge on any atom is -0.492 e. The van der Waals surface area contributed by atoms with Crippen LogP contribution in [-0.2, 0) is 4.74 Å². The van der Waals surface area contributed by atoms with Crippen molar-refractivity contribution < 1.29 is 9.47 Å². The first-order valence-corrected chi connectivity index (χ1v) is 6.33. The van der Waals surface area contributed by atoms with Crippen LogP contribution in [0.4, 0.5) is 0 Å². The van der Waals surface area contributed by atoms with E-state index in [2.05, 4.69) is 5.32 Å². The Balaban J connectivity index is 1.82. The van der Waals surface area contributed by atoms with Gasteiger partial charge in [-0.2, -0.15) is 0 Å². The van der Waals surface area contributed by atoms with Crippen LogP contribution in [-0.4, -0.2) is 32.9 Å². The van der Waals surface area contributed by atoms with Crippen LogP contribution in [0.15, 0.2) is 30.3 Å². The van der Waals surface area contributed by atoms with Crippen LogP contribution in [0, 0.1) is 5.92 Å². The predicted molar refractivity (Wildman–Crippen MR) is 68.3 cm³/mol. The Hall–Kier alpha value is -1.06. The lowest BCUT2D eigenvalue weighted by Gasteiger charge is -2.29. The molecule has 0 aromatic heterocycles. The zero-order chi connectivity index (χ0) is 11.9. The average molecular weight is 235 g/mol. The molecule has 0 saturated carbocycles. The molecule has 0 amide bonds. The maximum absolute atomic E-state index is 5.79. The van der Waals surface area contributed by atoms with Crippen molar-refractivity contribution in [1.82, 2.24) is 5.32 Å². The maximum atomic E-state index is 5.79. The second-order valence-corrected chi connectivity index (χ2v) is 4.50. The van der Waals surface area contributed by atoms with E-state index in [-0.39, 0.29) is 0 Å². The summed E-state index contributed by atoms with van der Waals surface area (Å²) in [5.74, 6) is 1.50. The van der Waals surface area contributed by atoms with Gasteiger partial charge in [-0.1, -0.05) is 18.2 Å². The lowest BCUT2D eigenvalue weighted by atomic mass is 9.94. The first kappa shape index (κ1) is 12.4. The Morgan fingerprint density at radius 3 is 2.88 bits per heavy atom. The highest BCUT2D eigenvalue weighted by molar-refractivity contribution is 5.20. The maximum Gasteiger partial charge on any atom is 0.119 e. The second-order valence-electron chi connectivity index (χ2n) is 4.50. The number of benzene rings is 1. The lowest BCUT2D eigenvalue weighted by Crippen LogP contribution is -2.42. The molecule has 0 aliphatic carbocycles. The molecular formula is C14H21NO2. The highest BCUT2D eigenvalue weighted by Crippen LogP contribution is 2.18. The zero-order valence-electron chi connectivity index (χ0n) is 10.4. The third kappa shape index (κ3) is 3.72. The van der Waals surface area contributed by atoms with E-state index in [4.69, 9.17) is 9.47 Å². The molecule has 1 N–H and O–H groups in total. The van der Waals surface area contributed by atoms with E-state index in [0.29, 0.717) is 18.6 Å². The fourth-order valence-corrected chi connectivity index (χ4v) is 2.24. The van der Waals surface area contributed by atoms with Gasteiger partial charge in [-0.05, 0) is 32.0 Å². The molecule has 2 rings (SSSR count). The summed E-state index contributed by atoms with van der Waals surface area (Å²) in [7, 11) is 1.99. The number of nitrogens with one attached hydrogen (secondary N) is 1. The molecule has 3 nitrogen and oxygen atoms in total. The van der Waals surface area contributed by atoms with Gasteiger partial charge in [-0.25, -0.2) is 0 Å². The van der Waals surface area contributed by atoms with E-state index < -0.39 is 0 Å². The fraction of sp³-hybridized carbons (Fsp3) is 0.571. The molecule has 1 aromatic rings. The molecule has 3 heteroatoms. The molecule has 0 bridgehead atoms. The summed E-state index contributed by atoms with van der Waals surface area (Å²) >= 11 is 0. The Kier molecular flexibility index (Phi) is 4.83. The van der Waals surface area contributed by atoms with Gasteiger partial charge >= 0.3 is 0 Å². The van der Waals surface area contributed by atoms with Crippen molar-refractivity contribution in [1.29, 1.82) is 0 Å². The summed E-state index contributed by atoms with van der Waals surface area (Å²) in [6.45, 7) is 2.46. The normalized spacial score (nSPS) is 22.1. The van der Waals surface area contributed by atoms with Gasteiger partial charge in [-0.3, -0.25) is 0 Å². The molecule has 17 heavy (non-hydrogen) atoms. The number of ether oxygens (including phenoxy) is 2. The van der Waals surface area contributed by atoms with Gasteiger partial charge in [0.25, 0.3) is 0 Å². The smallest absolute Gasteiger partial charge is 0.119 e. The van der Waals surface area contributed by atoms with Crippen molar-refractivity contribution in [3.8, 4) is 5.75 Å². The van der Waals surface area contributed by atoms with Crippen molar-refractivity contribution in [3.05, 3.63) is 30.3 Å². The fourth-order valence-electron chi connectivity index (χ4n) is 2.24. The lowest BCUT2D eigenvalue weighted by molar-refractivity contribution is 0.0321. The number of hydrogen-bond acceptors (Lipinski definition) is 3. The molecule has 94 valence electrons. The molecule has 2 unspecified atom stereocenters. The SMILES string of the molecule is CNC(COc1ccccc1)C1CCCOC1. The van der Waals surface area contributed by atoms with Gasteiger partial charge in [0.2, 0.25) is 0 Å². The van der Waals surface area contributed by atoms with Crippen molar-refractivity contribution in [3.63, 3.8) is 0 Å². The summed E-state index contributed by atoms with van der Waals surface area (Å²) in [4.78, 5) is 0. The number of likely N-dealkylation sites (N-methyl/N-ethyl adjacent to an activating group) is 1. The average Bonchev–Trinajstić information content (AvgIpc) is 2.42. The standard InChI is InChI=1S/C14H21NO2/c1-15-14(12-6-5-9-16-10-12)11-17-13-7-3-2-4-8-13/h2-4,7-8,12,14-15H,5-6,9-11H2,1H3. The Bertz CT molecular complexity index is 309. The Labute approximate surface area is 103 Å². The number of hydrogen-bond donors (Lipinski definition) is 1. The molecule has 0 radical (unpaired) electrons. The summed E-state index contributed by atoms with van der Waals surface area (Å²) in [6.07, 6.45) is 2.39. The molecule has 1 aliphatic heterocycles. The van der Waals surface area contributed by atoms with Crippen LogP contribution in [0.25, 0.3) is 0 Å². The van der Waals surface area contributed by atoms with Crippen molar-refractivity contribution in [2.45, 2.75) is 18.9 Å². The van der Waals surface area contributed by atoms with Crippen molar-refractivity contribution in [2.24, 2.45) is 5.92 Å². The van der Waals surface area contributed by atoms with Crippen LogP contribution in [0.1, 0.15) is 12.8 Å². The highest BCUT2D eigenvalue weighted by Gasteiger charge is 2.23. The Morgan fingerprint density at radius 2 is 2.24 bits per heavy atom. The van der Waals surface area contributed by atoms with E-state index in [1.165, 1.54) is 6.42 Å². The highest BCUT2D eigenvalue weighted by atomic mass is 16.5. The minimum atomic E-state index is 0.371. The molecule has 1 aliphatic rings.